The highest BCUT2D eigenvalue weighted by atomic mass is 16.5. The number of benzene rings is 2. The van der Waals surface area contributed by atoms with Gasteiger partial charge in [0.1, 0.15) is 11.5 Å². The molecular formula is C16H17O2. The second kappa shape index (κ2) is 6.70. The highest BCUT2D eigenvalue weighted by Crippen LogP contribution is 2.14. The highest BCUT2D eigenvalue weighted by molar-refractivity contribution is 5.28. The molecule has 0 amide bonds. The molecule has 0 aromatic heterocycles. The van der Waals surface area contributed by atoms with E-state index in [2.05, 4.69) is 18.2 Å². The van der Waals surface area contributed by atoms with Crippen LogP contribution in [-0.4, -0.2) is 13.2 Å². The lowest BCUT2D eigenvalue weighted by atomic mass is 10.1. The zero-order valence-electron chi connectivity index (χ0n) is 10.6. The van der Waals surface area contributed by atoms with Crippen LogP contribution in [0.2, 0.25) is 0 Å². The summed E-state index contributed by atoms with van der Waals surface area (Å²) in [5.41, 5.74) is 1.22. The van der Waals surface area contributed by atoms with Crippen LogP contribution in [0.4, 0.5) is 0 Å². The third-order valence-electron chi connectivity index (χ3n) is 2.54. The first-order valence-corrected chi connectivity index (χ1v) is 6.19. The predicted molar refractivity (Wildman–Crippen MR) is 72.1 cm³/mol. The van der Waals surface area contributed by atoms with Gasteiger partial charge in [0.15, 0.2) is 0 Å². The van der Waals surface area contributed by atoms with Gasteiger partial charge in [-0.1, -0.05) is 30.3 Å². The quantitative estimate of drug-likeness (QED) is 0.770. The maximum Gasteiger partial charge on any atom is 0.127 e. The van der Waals surface area contributed by atoms with Gasteiger partial charge in [0, 0.05) is 12.5 Å². The van der Waals surface area contributed by atoms with E-state index in [0.29, 0.717) is 13.2 Å². The zero-order valence-corrected chi connectivity index (χ0v) is 10.6. The topological polar surface area (TPSA) is 18.5 Å². The summed E-state index contributed by atoms with van der Waals surface area (Å²) in [7, 11) is 0. The minimum Gasteiger partial charge on any atom is -0.494 e. The van der Waals surface area contributed by atoms with Crippen molar-refractivity contribution in [1.29, 1.82) is 0 Å². The van der Waals surface area contributed by atoms with Gasteiger partial charge in [0.2, 0.25) is 0 Å². The van der Waals surface area contributed by atoms with Crippen molar-refractivity contribution in [2.45, 2.75) is 13.3 Å². The Balaban J connectivity index is 1.84. The summed E-state index contributed by atoms with van der Waals surface area (Å²) < 4.78 is 11.1. The molecule has 2 heteroatoms. The fourth-order valence-electron chi connectivity index (χ4n) is 1.70. The van der Waals surface area contributed by atoms with E-state index in [1.165, 1.54) is 5.56 Å². The largest absolute Gasteiger partial charge is 0.494 e. The Hall–Kier alpha value is -1.96. The summed E-state index contributed by atoms with van der Waals surface area (Å²) in [5.74, 6) is 1.71. The summed E-state index contributed by atoms with van der Waals surface area (Å²) in [6.45, 7) is 3.33. The monoisotopic (exact) mass is 241 g/mol. The molecule has 0 aliphatic rings. The predicted octanol–water partition coefficient (Wildman–Crippen LogP) is 3.51. The van der Waals surface area contributed by atoms with E-state index in [4.69, 9.17) is 9.47 Å². The molecule has 0 spiro atoms. The van der Waals surface area contributed by atoms with E-state index in [9.17, 15) is 0 Å². The Morgan fingerprint density at radius 3 is 2.78 bits per heavy atom. The van der Waals surface area contributed by atoms with Crippen LogP contribution in [0.25, 0.3) is 0 Å². The van der Waals surface area contributed by atoms with Crippen molar-refractivity contribution >= 4 is 0 Å². The van der Waals surface area contributed by atoms with Gasteiger partial charge in [0.05, 0.1) is 13.2 Å². The van der Waals surface area contributed by atoms with Crippen LogP contribution in [0, 0.1) is 6.07 Å². The number of hydrogen-bond acceptors (Lipinski definition) is 2. The lowest BCUT2D eigenvalue weighted by Crippen LogP contribution is -2.01. The Kier molecular flexibility index (Phi) is 4.65. The van der Waals surface area contributed by atoms with E-state index in [1.807, 2.05) is 43.3 Å². The molecule has 0 N–H and O–H groups in total. The summed E-state index contributed by atoms with van der Waals surface area (Å²) in [6.07, 6.45) is 0.865. The average molecular weight is 241 g/mol. The van der Waals surface area contributed by atoms with Crippen molar-refractivity contribution in [3.05, 3.63) is 60.2 Å². The molecule has 2 nitrogen and oxygen atoms in total. The van der Waals surface area contributed by atoms with Gasteiger partial charge in [-0.2, -0.15) is 0 Å². The minimum absolute atomic E-state index is 0.649. The molecule has 0 fully saturated rings. The third-order valence-corrected chi connectivity index (χ3v) is 2.54. The van der Waals surface area contributed by atoms with Crippen LogP contribution in [0.1, 0.15) is 12.5 Å². The molecule has 2 rings (SSSR count). The normalized spacial score (nSPS) is 10.1. The third kappa shape index (κ3) is 3.81. The van der Waals surface area contributed by atoms with E-state index in [1.54, 1.807) is 0 Å². The number of ether oxygens (including phenoxy) is 2. The van der Waals surface area contributed by atoms with Crippen molar-refractivity contribution in [3.8, 4) is 11.5 Å². The summed E-state index contributed by atoms with van der Waals surface area (Å²) in [4.78, 5) is 0. The summed E-state index contributed by atoms with van der Waals surface area (Å²) in [6, 6.07) is 18.8. The Bertz CT molecular complexity index is 466. The van der Waals surface area contributed by atoms with Crippen LogP contribution in [-0.2, 0) is 6.42 Å². The summed E-state index contributed by atoms with van der Waals surface area (Å²) >= 11 is 0. The SMILES string of the molecule is CCOc1cccc(CCOc2[c]cccc2)c1. The molecule has 0 aliphatic carbocycles. The molecule has 0 unspecified atom stereocenters. The fraction of sp³-hybridized carbons (Fsp3) is 0.250. The molecule has 0 aliphatic heterocycles. The van der Waals surface area contributed by atoms with Gasteiger partial charge in [-0.15, -0.1) is 0 Å². The lowest BCUT2D eigenvalue weighted by molar-refractivity contribution is 0.320. The molecule has 2 aromatic carbocycles. The van der Waals surface area contributed by atoms with Crippen LogP contribution in [0.3, 0.4) is 0 Å². The van der Waals surface area contributed by atoms with E-state index in [0.717, 1.165) is 17.9 Å². The van der Waals surface area contributed by atoms with Gasteiger partial charge in [-0.05, 0) is 30.7 Å². The zero-order chi connectivity index (χ0) is 12.6. The van der Waals surface area contributed by atoms with Crippen molar-refractivity contribution in [2.24, 2.45) is 0 Å². The number of hydrogen-bond donors (Lipinski definition) is 0. The highest BCUT2D eigenvalue weighted by Gasteiger charge is 1.98. The van der Waals surface area contributed by atoms with Gasteiger partial charge in [-0.25, -0.2) is 0 Å². The maximum atomic E-state index is 5.61. The first-order valence-electron chi connectivity index (χ1n) is 6.19. The van der Waals surface area contributed by atoms with E-state index >= 15 is 0 Å². The second-order valence-corrected chi connectivity index (χ2v) is 3.91. The molecule has 1 radical (unpaired) electrons. The summed E-state index contributed by atoms with van der Waals surface area (Å²) in [5, 5.41) is 0. The Morgan fingerprint density at radius 1 is 1.06 bits per heavy atom. The van der Waals surface area contributed by atoms with Crippen molar-refractivity contribution < 1.29 is 9.47 Å². The van der Waals surface area contributed by atoms with Crippen LogP contribution in [0.15, 0.2) is 48.5 Å². The van der Waals surface area contributed by atoms with Gasteiger partial charge in [-0.3, -0.25) is 0 Å². The minimum atomic E-state index is 0.649. The molecular weight excluding hydrogens is 224 g/mol. The van der Waals surface area contributed by atoms with E-state index < -0.39 is 0 Å². The van der Waals surface area contributed by atoms with Crippen molar-refractivity contribution in [3.63, 3.8) is 0 Å². The molecule has 0 saturated heterocycles. The van der Waals surface area contributed by atoms with Crippen molar-refractivity contribution in [1.82, 2.24) is 0 Å². The number of rotatable bonds is 6. The van der Waals surface area contributed by atoms with Crippen molar-refractivity contribution in [2.75, 3.05) is 13.2 Å². The van der Waals surface area contributed by atoms with Crippen LogP contribution >= 0.6 is 0 Å². The molecule has 0 atom stereocenters. The molecule has 0 heterocycles. The average Bonchev–Trinajstić information content (AvgIpc) is 2.41. The van der Waals surface area contributed by atoms with Crippen LogP contribution < -0.4 is 9.47 Å². The first-order chi connectivity index (χ1) is 8.88. The molecule has 93 valence electrons. The molecule has 2 aromatic rings. The van der Waals surface area contributed by atoms with Gasteiger partial charge < -0.3 is 9.47 Å². The molecule has 0 bridgehead atoms. The van der Waals surface area contributed by atoms with Gasteiger partial charge >= 0.3 is 0 Å². The lowest BCUT2D eigenvalue weighted by Gasteiger charge is -2.07. The van der Waals surface area contributed by atoms with E-state index in [-0.39, 0.29) is 0 Å². The second-order valence-electron chi connectivity index (χ2n) is 3.91. The molecule has 0 saturated carbocycles. The number of para-hydroxylation sites is 1. The standard InChI is InChI=1S/C16H17O2/c1-2-17-16-10-6-7-14(13-16)11-12-18-15-8-4-3-5-9-15/h3-8,10,13H,2,11-12H2,1H3. The van der Waals surface area contributed by atoms with Gasteiger partial charge in [0.25, 0.3) is 0 Å². The smallest absolute Gasteiger partial charge is 0.127 e. The molecule has 18 heavy (non-hydrogen) atoms. The van der Waals surface area contributed by atoms with Crippen LogP contribution in [0.5, 0.6) is 11.5 Å². The Labute approximate surface area is 108 Å². The Morgan fingerprint density at radius 2 is 2.00 bits per heavy atom. The maximum absolute atomic E-state index is 5.61. The fourth-order valence-corrected chi connectivity index (χ4v) is 1.70. The first kappa shape index (κ1) is 12.5.